The van der Waals surface area contributed by atoms with Crippen LogP contribution in [0, 0.1) is 0 Å². The van der Waals surface area contributed by atoms with E-state index >= 15 is 0 Å². The average Bonchev–Trinajstić information content (AvgIpc) is 3.75. The quantitative estimate of drug-likeness (QED) is 0.185. The van der Waals surface area contributed by atoms with Crippen LogP contribution in [0.1, 0.15) is 26.3 Å². The van der Waals surface area contributed by atoms with Gasteiger partial charge < -0.3 is 4.57 Å². The second-order valence-corrected chi connectivity index (χ2v) is 15.7. The molecule has 10 aromatic rings. The van der Waals surface area contributed by atoms with Gasteiger partial charge in [-0.25, -0.2) is 9.97 Å². The molecule has 3 aromatic heterocycles. The van der Waals surface area contributed by atoms with Crippen molar-refractivity contribution >= 4 is 64.1 Å². The van der Waals surface area contributed by atoms with Crippen LogP contribution in [0.25, 0.3) is 92.3 Å². The highest BCUT2D eigenvalue weighted by atomic mass is 32.1. The molecule has 10 rings (SSSR count). The van der Waals surface area contributed by atoms with Gasteiger partial charge in [0.2, 0.25) is 0 Å². The second-order valence-electron chi connectivity index (χ2n) is 14.6. The van der Waals surface area contributed by atoms with Crippen molar-refractivity contribution in [3.63, 3.8) is 0 Å². The van der Waals surface area contributed by atoms with Crippen molar-refractivity contribution < 1.29 is 0 Å². The molecule has 0 aliphatic carbocycles. The SMILES string of the molecule is CC(C)(C)c1ccc(-c2cc(-c3ccccc3)nc(-c3cccc(-n4c5ccccc5c5c6ccccc6c6c7ccccc7sc6c54)c3)n2)cc1. The number of fused-ring (bicyclic) bond motifs is 10. The van der Waals surface area contributed by atoms with E-state index in [0.29, 0.717) is 5.82 Å². The van der Waals surface area contributed by atoms with Gasteiger partial charge in [0, 0.05) is 48.6 Å². The third-order valence-electron chi connectivity index (χ3n) is 10.4. The first-order valence-corrected chi connectivity index (χ1v) is 18.7. The van der Waals surface area contributed by atoms with E-state index in [4.69, 9.17) is 9.97 Å². The molecule has 0 bridgehead atoms. The lowest BCUT2D eigenvalue weighted by Gasteiger charge is -2.19. The van der Waals surface area contributed by atoms with Gasteiger partial charge in [-0.3, -0.25) is 0 Å². The van der Waals surface area contributed by atoms with Gasteiger partial charge >= 0.3 is 0 Å². The lowest BCUT2D eigenvalue weighted by atomic mass is 9.86. The minimum Gasteiger partial charge on any atom is -0.308 e. The summed E-state index contributed by atoms with van der Waals surface area (Å²) in [5.41, 5.74) is 9.81. The number of thiophene rings is 1. The fraction of sp³-hybridized carbons (Fsp3) is 0.0833. The molecule has 248 valence electrons. The molecule has 0 amide bonds. The molecule has 3 nitrogen and oxygen atoms in total. The van der Waals surface area contributed by atoms with E-state index in [2.05, 4.69) is 177 Å². The molecule has 0 aliphatic rings. The molecule has 7 aromatic carbocycles. The zero-order chi connectivity index (χ0) is 35.0. The summed E-state index contributed by atoms with van der Waals surface area (Å²) in [6.45, 7) is 6.74. The van der Waals surface area contributed by atoms with Crippen LogP contribution in [-0.2, 0) is 5.41 Å². The van der Waals surface area contributed by atoms with Crippen LogP contribution < -0.4 is 0 Å². The summed E-state index contributed by atoms with van der Waals surface area (Å²) in [6.07, 6.45) is 0. The van der Waals surface area contributed by atoms with Crippen molar-refractivity contribution in [1.82, 2.24) is 14.5 Å². The van der Waals surface area contributed by atoms with Gasteiger partial charge in [-0.15, -0.1) is 11.3 Å². The monoisotopic (exact) mass is 685 g/mol. The number of para-hydroxylation sites is 1. The van der Waals surface area contributed by atoms with Crippen molar-refractivity contribution in [2.75, 3.05) is 0 Å². The fourth-order valence-electron chi connectivity index (χ4n) is 7.80. The van der Waals surface area contributed by atoms with Gasteiger partial charge in [-0.2, -0.15) is 0 Å². The molecule has 0 saturated carbocycles. The minimum absolute atomic E-state index is 0.0749. The molecule has 0 atom stereocenters. The fourth-order valence-corrected chi connectivity index (χ4v) is 9.06. The number of hydrogen-bond donors (Lipinski definition) is 0. The van der Waals surface area contributed by atoms with E-state index in [-0.39, 0.29) is 5.41 Å². The van der Waals surface area contributed by atoms with E-state index in [0.717, 1.165) is 33.8 Å². The molecule has 0 saturated heterocycles. The highest BCUT2D eigenvalue weighted by molar-refractivity contribution is 7.27. The summed E-state index contributed by atoms with van der Waals surface area (Å²) < 4.78 is 5.07. The maximum Gasteiger partial charge on any atom is 0.160 e. The van der Waals surface area contributed by atoms with Crippen LogP contribution in [-0.4, -0.2) is 14.5 Å². The summed E-state index contributed by atoms with van der Waals surface area (Å²) in [7, 11) is 0. The second kappa shape index (κ2) is 11.7. The minimum atomic E-state index is 0.0749. The Balaban J connectivity index is 1.23. The molecule has 4 heteroatoms. The lowest BCUT2D eigenvalue weighted by Crippen LogP contribution is -2.10. The maximum absolute atomic E-state index is 5.24. The largest absolute Gasteiger partial charge is 0.308 e. The van der Waals surface area contributed by atoms with E-state index in [9.17, 15) is 0 Å². The zero-order valence-corrected chi connectivity index (χ0v) is 30.1. The molecule has 0 radical (unpaired) electrons. The lowest BCUT2D eigenvalue weighted by molar-refractivity contribution is 0.590. The normalized spacial score (nSPS) is 12.1. The van der Waals surface area contributed by atoms with Gasteiger partial charge in [0.05, 0.1) is 27.1 Å². The third-order valence-corrected chi connectivity index (χ3v) is 11.5. The molecular formula is C48H35N3S. The summed E-state index contributed by atoms with van der Waals surface area (Å²) in [6, 6.07) is 56.7. The standard InChI is InChI=1S/C48H35N3S/c1-48(2,3)33-26-24-31(25-27-33)40-29-39(30-14-5-4-6-15-30)49-47(50-40)32-16-13-17-34(28-32)51-41-22-11-9-20-37(41)43-35-18-7-8-19-36(35)44-38-21-10-12-23-42(38)52-46(44)45(43)51/h4-29H,1-3H3. The molecule has 0 unspecified atom stereocenters. The van der Waals surface area contributed by atoms with Crippen molar-refractivity contribution in [2.45, 2.75) is 26.2 Å². The van der Waals surface area contributed by atoms with Gasteiger partial charge in [0.1, 0.15) is 0 Å². The Kier molecular flexibility index (Phi) is 6.92. The van der Waals surface area contributed by atoms with E-state index in [1.165, 1.54) is 58.3 Å². The van der Waals surface area contributed by atoms with Crippen LogP contribution in [0.4, 0.5) is 0 Å². The Labute approximate surface area is 306 Å². The molecule has 0 spiro atoms. The summed E-state index contributed by atoms with van der Waals surface area (Å²) >= 11 is 1.89. The topological polar surface area (TPSA) is 30.7 Å². The molecule has 0 fully saturated rings. The van der Waals surface area contributed by atoms with Crippen LogP contribution in [0.3, 0.4) is 0 Å². The van der Waals surface area contributed by atoms with Crippen molar-refractivity contribution in [1.29, 1.82) is 0 Å². The highest BCUT2D eigenvalue weighted by Crippen LogP contribution is 2.48. The average molecular weight is 686 g/mol. The Morgan fingerprint density at radius 2 is 1.10 bits per heavy atom. The highest BCUT2D eigenvalue weighted by Gasteiger charge is 2.22. The van der Waals surface area contributed by atoms with E-state index in [1.54, 1.807) is 0 Å². The Morgan fingerprint density at radius 3 is 1.83 bits per heavy atom. The zero-order valence-electron chi connectivity index (χ0n) is 29.3. The van der Waals surface area contributed by atoms with Gasteiger partial charge in [-0.1, -0.05) is 148 Å². The molecule has 3 heterocycles. The van der Waals surface area contributed by atoms with E-state index < -0.39 is 0 Å². The van der Waals surface area contributed by atoms with Crippen LogP contribution in [0.15, 0.2) is 158 Å². The Morgan fingerprint density at radius 1 is 0.500 bits per heavy atom. The summed E-state index contributed by atoms with van der Waals surface area (Å²) in [5, 5.41) is 7.75. The molecule has 0 aliphatic heterocycles. The Bertz CT molecular complexity index is 2980. The first-order chi connectivity index (χ1) is 25.4. The maximum atomic E-state index is 5.24. The third kappa shape index (κ3) is 4.86. The predicted molar refractivity (Wildman–Crippen MR) is 222 cm³/mol. The van der Waals surface area contributed by atoms with E-state index in [1.807, 2.05) is 17.4 Å². The number of aromatic nitrogens is 3. The molecule has 0 N–H and O–H groups in total. The van der Waals surface area contributed by atoms with Crippen LogP contribution in [0.5, 0.6) is 0 Å². The number of hydrogen-bond acceptors (Lipinski definition) is 3. The first kappa shape index (κ1) is 30.7. The summed E-state index contributed by atoms with van der Waals surface area (Å²) in [4.78, 5) is 10.4. The van der Waals surface area contributed by atoms with Crippen molar-refractivity contribution in [2.24, 2.45) is 0 Å². The number of benzene rings is 7. The first-order valence-electron chi connectivity index (χ1n) is 17.8. The predicted octanol–water partition coefficient (Wildman–Crippen LogP) is 13.4. The summed E-state index contributed by atoms with van der Waals surface area (Å²) in [5.74, 6) is 0.705. The van der Waals surface area contributed by atoms with Gasteiger partial charge in [-0.05, 0) is 52.1 Å². The van der Waals surface area contributed by atoms with Crippen molar-refractivity contribution in [3.05, 3.63) is 163 Å². The van der Waals surface area contributed by atoms with Gasteiger partial charge in [0.15, 0.2) is 5.82 Å². The number of nitrogens with zero attached hydrogens (tertiary/aromatic N) is 3. The molecular weight excluding hydrogens is 651 g/mol. The van der Waals surface area contributed by atoms with Crippen LogP contribution in [0.2, 0.25) is 0 Å². The number of rotatable bonds is 4. The van der Waals surface area contributed by atoms with Crippen LogP contribution >= 0.6 is 11.3 Å². The smallest absolute Gasteiger partial charge is 0.160 e. The Hall–Kier alpha value is -6.10. The molecule has 52 heavy (non-hydrogen) atoms. The van der Waals surface area contributed by atoms with Crippen molar-refractivity contribution in [3.8, 4) is 39.6 Å². The van der Waals surface area contributed by atoms with Gasteiger partial charge in [0.25, 0.3) is 0 Å².